The van der Waals surface area contributed by atoms with E-state index in [4.69, 9.17) is 9.15 Å². The molecule has 7 heteroatoms. The van der Waals surface area contributed by atoms with Crippen molar-refractivity contribution in [3.8, 4) is 0 Å². The van der Waals surface area contributed by atoms with E-state index in [1.54, 1.807) is 11.3 Å². The molecule has 0 aliphatic carbocycles. The van der Waals surface area contributed by atoms with Gasteiger partial charge in [-0.15, -0.1) is 10.2 Å². The largest absolute Gasteiger partial charge is 0.423 e. The third kappa shape index (κ3) is 3.30. The van der Waals surface area contributed by atoms with Gasteiger partial charge >= 0.3 is 0 Å². The second-order valence-corrected chi connectivity index (χ2v) is 6.81. The summed E-state index contributed by atoms with van der Waals surface area (Å²) < 4.78 is 11.3. The van der Waals surface area contributed by atoms with Gasteiger partial charge in [-0.2, -0.15) is 11.3 Å². The number of thiophene rings is 1. The summed E-state index contributed by atoms with van der Waals surface area (Å²) in [5.41, 5.74) is 1.04. The van der Waals surface area contributed by atoms with Crippen molar-refractivity contribution in [2.45, 2.75) is 38.6 Å². The first-order valence-corrected chi connectivity index (χ1v) is 8.75. The van der Waals surface area contributed by atoms with E-state index in [2.05, 4.69) is 10.2 Å². The minimum atomic E-state index is -0.308. The zero-order valence-corrected chi connectivity index (χ0v) is 14.4. The first kappa shape index (κ1) is 16.1. The van der Waals surface area contributed by atoms with E-state index in [-0.39, 0.29) is 23.8 Å². The molecule has 2 aromatic heterocycles. The number of ether oxygens (including phenoxy) is 1. The van der Waals surface area contributed by atoms with Gasteiger partial charge in [-0.3, -0.25) is 4.79 Å². The lowest BCUT2D eigenvalue weighted by atomic mass is 10.0. The molecule has 2 aromatic rings. The average Bonchev–Trinajstić information content (AvgIpc) is 3.24. The lowest BCUT2D eigenvalue weighted by Crippen LogP contribution is -2.45. The second-order valence-electron chi connectivity index (χ2n) is 6.03. The Morgan fingerprint density at radius 2 is 2.22 bits per heavy atom. The maximum absolute atomic E-state index is 12.9. The first-order valence-electron chi connectivity index (χ1n) is 7.81. The summed E-state index contributed by atoms with van der Waals surface area (Å²) in [6.45, 7) is 7.39. The standard InChI is InChI=1S/C16H21N3O3S/c1-10(2)14-17-18-15(22-14)13-8-21-6-5-19(13)16(20)11(3)12-4-7-23-9-12/h4,7,9-11,13H,5-6,8H2,1-3H3/t11-,13-/m1/s1. The zero-order valence-electron chi connectivity index (χ0n) is 13.6. The number of morpholine rings is 1. The van der Waals surface area contributed by atoms with Crippen LogP contribution in [0.2, 0.25) is 0 Å². The van der Waals surface area contributed by atoms with Crippen molar-refractivity contribution < 1.29 is 13.9 Å². The molecule has 0 radical (unpaired) electrons. The Balaban J connectivity index is 1.81. The quantitative estimate of drug-likeness (QED) is 0.859. The molecule has 23 heavy (non-hydrogen) atoms. The van der Waals surface area contributed by atoms with Gasteiger partial charge in [0.05, 0.1) is 19.1 Å². The van der Waals surface area contributed by atoms with Crippen molar-refractivity contribution in [3.63, 3.8) is 0 Å². The van der Waals surface area contributed by atoms with E-state index in [1.807, 2.05) is 42.5 Å². The molecule has 1 aliphatic heterocycles. The lowest BCUT2D eigenvalue weighted by Gasteiger charge is -2.35. The summed E-state index contributed by atoms with van der Waals surface area (Å²) >= 11 is 1.60. The van der Waals surface area contributed by atoms with Crippen LogP contribution in [-0.4, -0.2) is 40.8 Å². The summed E-state index contributed by atoms with van der Waals surface area (Å²) in [6, 6.07) is 1.68. The SMILES string of the molecule is CC(C)c1nnc([C@H]2COCCN2C(=O)[C@H](C)c2ccsc2)o1. The molecule has 0 spiro atoms. The molecule has 0 unspecified atom stereocenters. The Kier molecular flexibility index (Phi) is 4.77. The normalized spacial score (nSPS) is 20.0. The highest BCUT2D eigenvalue weighted by Crippen LogP contribution is 2.29. The molecule has 1 fully saturated rings. The molecule has 0 aromatic carbocycles. The molecule has 3 heterocycles. The van der Waals surface area contributed by atoms with Gasteiger partial charge < -0.3 is 14.1 Å². The molecule has 1 saturated heterocycles. The van der Waals surface area contributed by atoms with Crippen LogP contribution in [0.4, 0.5) is 0 Å². The lowest BCUT2D eigenvalue weighted by molar-refractivity contribution is -0.142. The Morgan fingerprint density at radius 3 is 2.87 bits per heavy atom. The molecule has 1 amide bonds. The highest BCUT2D eigenvalue weighted by atomic mass is 32.1. The van der Waals surface area contributed by atoms with Crippen LogP contribution in [0.25, 0.3) is 0 Å². The van der Waals surface area contributed by atoms with Crippen molar-refractivity contribution in [1.82, 2.24) is 15.1 Å². The highest BCUT2D eigenvalue weighted by Gasteiger charge is 2.35. The maximum Gasteiger partial charge on any atom is 0.241 e. The summed E-state index contributed by atoms with van der Waals surface area (Å²) in [4.78, 5) is 14.7. The molecule has 2 atom stereocenters. The summed E-state index contributed by atoms with van der Waals surface area (Å²) in [5, 5.41) is 12.2. The number of rotatable bonds is 4. The molecule has 3 rings (SSSR count). The molecule has 0 bridgehead atoms. The number of hydrogen-bond acceptors (Lipinski definition) is 6. The van der Waals surface area contributed by atoms with Gasteiger partial charge in [-0.25, -0.2) is 0 Å². The van der Waals surface area contributed by atoms with Crippen molar-refractivity contribution >= 4 is 17.2 Å². The number of hydrogen-bond donors (Lipinski definition) is 0. The van der Waals surface area contributed by atoms with Gasteiger partial charge in [0.2, 0.25) is 17.7 Å². The summed E-state index contributed by atoms with van der Waals surface area (Å²) in [5.74, 6) is 1.09. The average molecular weight is 335 g/mol. The Morgan fingerprint density at radius 1 is 1.39 bits per heavy atom. The van der Waals surface area contributed by atoms with E-state index >= 15 is 0 Å². The van der Waals surface area contributed by atoms with Crippen LogP contribution in [-0.2, 0) is 9.53 Å². The van der Waals surface area contributed by atoms with Crippen LogP contribution in [0, 0.1) is 0 Å². The molecule has 1 aliphatic rings. The second kappa shape index (κ2) is 6.80. The fourth-order valence-corrected chi connectivity index (χ4v) is 3.35. The van der Waals surface area contributed by atoms with E-state index in [9.17, 15) is 4.79 Å². The summed E-state index contributed by atoms with van der Waals surface area (Å²) in [7, 11) is 0. The molecule has 124 valence electrons. The van der Waals surface area contributed by atoms with Crippen molar-refractivity contribution in [3.05, 3.63) is 34.2 Å². The van der Waals surface area contributed by atoms with Gasteiger partial charge in [0, 0.05) is 12.5 Å². The monoisotopic (exact) mass is 335 g/mol. The van der Waals surface area contributed by atoms with Crippen LogP contribution in [0.3, 0.4) is 0 Å². The van der Waals surface area contributed by atoms with Crippen molar-refractivity contribution in [1.29, 1.82) is 0 Å². The van der Waals surface area contributed by atoms with Gasteiger partial charge in [0.1, 0.15) is 6.04 Å². The fraction of sp³-hybridized carbons (Fsp3) is 0.562. The van der Waals surface area contributed by atoms with E-state index in [0.717, 1.165) is 5.56 Å². The smallest absolute Gasteiger partial charge is 0.241 e. The van der Waals surface area contributed by atoms with Crippen molar-refractivity contribution in [2.75, 3.05) is 19.8 Å². The third-order valence-corrected chi connectivity index (χ3v) is 4.76. The van der Waals surface area contributed by atoms with Crippen molar-refractivity contribution in [2.24, 2.45) is 0 Å². The van der Waals surface area contributed by atoms with E-state index in [0.29, 0.717) is 31.5 Å². The van der Waals surface area contributed by atoms with Gasteiger partial charge in [0.15, 0.2) is 0 Å². The van der Waals surface area contributed by atoms with E-state index < -0.39 is 0 Å². The van der Waals surface area contributed by atoms with E-state index in [1.165, 1.54) is 0 Å². The molecule has 0 saturated carbocycles. The first-order chi connectivity index (χ1) is 11.1. The number of nitrogens with zero attached hydrogens (tertiary/aromatic N) is 3. The Bertz CT molecular complexity index is 653. The third-order valence-electron chi connectivity index (χ3n) is 4.06. The van der Waals surface area contributed by atoms with Crippen LogP contribution in [0.5, 0.6) is 0 Å². The number of aromatic nitrogens is 2. The Labute approximate surface area is 139 Å². The predicted octanol–water partition coefficient (Wildman–Crippen LogP) is 2.96. The van der Waals surface area contributed by atoms with Gasteiger partial charge in [0.25, 0.3) is 0 Å². The van der Waals surface area contributed by atoms with Crippen LogP contribution in [0.1, 0.15) is 56.0 Å². The predicted molar refractivity (Wildman–Crippen MR) is 86.4 cm³/mol. The van der Waals surface area contributed by atoms with Gasteiger partial charge in [-0.1, -0.05) is 13.8 Å². The highest BCUT2D eigenvalue weighted by molar-refractivity contribution is 7.08. The van der Waals surface area contributed by atoms with Crippen LogP contribution in [0.15, 0.2) is 21.2 Å². The molecule has 6 nitrogen and oxygen atoms in total. The summed E-state index contributed by atoms with van der Waals surface area (Å²) in [6.07, 6.45) is 0. The topological polar surface area (TPSA) is 68.5 Å². The molecular weight excluding hydrogens is 314 g/mol. The maximum atomic E-state index is 12.9. The minimum Gasteiger partial charge on any atom is -0.423 e. The van der Waals surface area contributed by atoms with Gasteiger partial charge in [-0.05, 0) is 29.3 Å². The zero-order chi connectivity index (χ0) is 16.4. The molecular formula is C16H21N3O3S. The Hall–Kier alpha value is -1.73. The molecule has 0 N–H and O–H groups in total. The number of amides is 1. The minimum absolute atomic E-state index is 0.0704. The van der Waals surface area contributed by atoms with Crippen LogP contribution < -0.4 is 0 Å². The van der Waals surface area contributed by atoms with Crippen LogP contribution >= 0.6 is 11.3 Å². The number of carbonyl (C=O) groups excluding carboxylic acids is 1. The fourth-order valence-electron chi connectivity index (χ4n) is 2.60. The number of carbonyl (C=O) groups is 1.